The molecule has 0 amide bonds. The maximum absolute atomic E-state index is 12.7. The molecule has 4 heteroatoms. The maximum Gasteiger partial charge on any atom is 0.139 e. The highest BCUT2D eigenvalue weighted by Gasteiger charge is 2.65. The first kappa shape index (κ1) is 16.9. The Bertz CT molecular complexity index is 715. The number of fused-ring (bicyclic) bond motifs is 5. The lowest BCUT2D eigenvalue weighted by Crippen LogP contribution is -2.57. The monoisotopic (exact) mass is 355 g/mol. The fraction of sp³-hybridized carbons (Fsp3) is 0.864. The van der Waals surface area contributed by atoms with Crippen LogP contribution in [0.2, 0.25) is 0 Å². The highest BCUT2D eigenvalue weighted by molar-refractivity contribution is 5.88. The second-order valence-corrected chi connectivity index (χ2v) is 10.5. The molecule has 0 aliphatic heterocycles. The number of aromatic nitrogens is 3. The van der Waals surface area contributed by atoms with Gasteiger partial charge >= 0.3 is 0 Å². The van der Waals surface area contributed by atoms with Crippen molar-refractivity contribution < 1.29 is 4.79 Å². The fourth-order valence-corrected chi connectivity index (χ4v) is 8.03. The van der Waals surface area contributed by atoms with E-state index in [2.05, 4.69) is 35.8 Å². The molecule has 0 bridgehead atoms. The van der Waals surface area contributed by atoms with Gasteiger partial charge in [-0.15, -0.1) is 5.10 Å². The van der Waals surface area contributed by atoms with Gasteiger partial charge in [0.25, 0.3) is 0 Å². The molecular weight excluding hydrogens is 322 g/mol. The number of carbonyl (C=O) groups excluding carboxylic acids is 1. The van der Waals surface area contributed by atoms with Crippen LogP contribution in [0, 0.1) is 34.0 Å². The molecule has 4 aliphatic rings. The zero-order valence-electron chi connectivity index (χ0n) is 16.6. The van der Waals surface area contributed by atoms with Gasteiger partial charge in [-0.3, -0.25) is 4.79 Å². The first-order chi connectivity index (χ1) is 12.4. The molecule has 0 N–H and O–H groups in total. The fourth-order valence-electron chi connectivity index (χ4n) is 8.03. The summed E-state index contributed by atoms with van der Waals surface area (Å²) >= 11 is 0. The quantitative estimate of drug-likeness (QED) is 0.725. The summed E-state index contributed by atoms with van der Waals surface area (Å²) in [7, 11) is 0. The Morgan fingerprint density at radius 3 is 2.65 bits per heavy atom. The molecule has 142 valence electrons. The molecule has 1 aromatic rings. The summed E-state index contributed by atoms with van der Waals surface area (Å²) in [5.41, 5.74) is 0.648. The number of Topliss-reactive ketones (excluding diaryl/α,β-unsaturated/α-hetero) is 1. The summed E-state index contributed by atoms with van der Waals surface area (Å²) in [6, 6.07) is 0.532. The Hall–Kier alpha value is -1.19. The summed E-state index contributed by atoms with van der Waals surface area (Å²) < 4.78 is 2.10. The van der Waals surface area contributed by atoms with E-state index in [9.17, 15) is 4.79 Å². The van der Waals surface area contributed by atoms with Gasteiger partial charge in [-0.1, -0.05) is 26.0 Å². The Morgan fingerprint density at radius 2 is 1.88 bits per heavy atom. The number of hydrogen-bond acceptors (Lipinski definition) is 3. The average Bonchev–Trinajstić information content (AvgIpc) is 3.23. The molecule has 2 unspecified atom stereocenters. The van der Waals surface area contributed by atoms with E-state index in [0.29, 0.717) is 17.2 Å². The smallest absolute Gasteiger partial charge is 0.139 e. The summed E-state index contributed by atoms with van der Waals surface area (Å²) in [5, 5.41) is 8.31. The number of ketones is 1. The van der Waals surface area contributed by atoms with Crippen LogP contribution >= 0.6 is 0 Å². The molecule has 4 fully saturated rings. The molecule has 0 saturated heterocycles. The number of hydrogen-bond donors (Lipinski definition) is 0. The van der Waals surface area contributed by atoms with Crippen LogP contribution in [0.5, 0.6) is 0 Å². The Labute approximate surface area is 157 Å². The SMILES string of the molecule is C[C@]12CC[C@H](n3ccnn3)CC1CC[C@@H]1C2CC[C@]2(C)C(=O)CC[C@@]12C. The molecule has 0 spiro atoms. The van der Waals surface area contributed by atoms with Gasteiger partial charge in [-0.05, 0) is 80.0 Å². The number of nitrogens with zero attached hydrogens (tertiary/aromatic N) is 3. The summed E-state index contributed by atoms with van der Waals surface area (Å²) in [6.45, 7) is 7.36. The van der Waals surface area contributed by atoms with Crippen LogP contribution in [-0.4, -0.2) is 20.8 Å². The third-order valence-electron chi connectivity index (χ3n) is 10.0. The minimum absolute atomic E-state index is 0.0463. The van der Waals surface area contributed by atoms with Crippen LogP contribution in [0.4, 0.5) is 0 Å². The van der Waals surface area contributed by atoms with Gasteiger partial charge < -0.3 is 0 Å². The summed E-state index contributed by atoms with van der Waals surface area (Å²) in [6.07, 6.45) is 14.7. The molecule has 5 rings (SSSR count). The van der Waals surface area contributed by atoms with E-state index in [1.165, 1.54) is 38.5 Å². The zero-order valence-corrected chi connectivity index (χ0v) is 16.6. The molecular formula is C22H33N3O. The molecule has 1 heterocycles. The topological polar surface area (TPSA) is 47.8 Å². The van der Waals surface area contributed by atoms with Crippen LogP contribution in [-0.2, 0) is 4.79 Å². The van der Waals surface area contributed by atoms with Gasteiger partial charge in [0.15, 0.2) is 0 Å². The van der Waals surface area contributed by atoms with Crippen LogP contribution in [0.25, 0.3) is 0 Å². The third-order valence-corrected chi connectivity index (χ3v) is 10.0. The average molecular weight is 356 g/mol. The minimum atomic E-state index is -0.0463. The molecule has 1 aromatic heterocycles. The van der Waals surface area contributed by atoms with Crippen molar-refractivity contribution in [3.05, 3.63) is 12.4 Å². The molecule has 0 radical (unpaired) electrons. The lowest BCUT2D eigenvalue weighted by molar-refractivity contribution is -0.160. The van der Waals surface area contributed by atoms with E-state index < -0.39 is 0 Å². The largest absolute Gasteiger partial charge is 0.299 e. The molecule has 0 aromatic carbocycles. The van der Waals surface area contributed by atoms with E-state index in [-0.39, 0.29) is 10.8 Å². The first-order valence-electron chi connectivity index (χ1n) is 10.8. The summed E-state index contributed by atoms with van der Waals surface area (Å²) in [5.74, 6) is 2.91. The molecule has 26 heavy (non-hydrogen) atoms. The van der Waals surface area contributed by atoms with E-state index >= 15 is 0 Å². The Balaban J connectivity index is 1.43. The predicted octanol–water partition coefficient (Wildman–Crippen LogP) is 4.82. The van der Waals surface area contributed by atoms with Crippen molar-refractivity contribution in [3.63, 3.8) is 0 Å². The van der Waals surface area contributed by atoms with Crippen molar-refractivity contribution in [3.8, 4) is 0 Å². The van der Waals surface area contributed by atoms with Crippen LogP contribution in [0.15, 0.2) is 12.4 Å². The number of rotatable bonds is 1. The van der Waals surface area contributed by atoms with Gasteiger partial charge in [0.2, 0.25) is 0 Å². The lowest BCUT2D eigenvalue weighted by Gasteiger charge is -2.63. The number of carbonyl (C=O) groups is 1. The second kappa shape index (κ2) is 5.42. The van der Waals surface area contributed by atoms with Crippen molar-refractivity contribution in [2.75, 3.05) is 0 Å². The highest BCUT2D eigenvalue weighted by Crippen LogP contribution is 2.70. The van der Waals surface area contributed by atoms with Gasteiger partial charge in [-0.25, -0.2) is 4.68 Å². The lowest BCUT2D eigenvalue weighted by atomic mass is 9.41. The van der Waals surface area contributed by atoms with Gasteiger partial charge in [0.05, 0.1) is 12.2 Å². The van der Waals surface area contributed by atoms with Crippen molar-refractivity contribution in [2.24, 2.45) is 34.0 Å². The van der Waals surface area contributed by atoms with E-state index in [4.69, 9.17) is 0 Å². The third kappa shape index (κ3) is 1.99. The van der Waals surface area contributed by atoms with Gasteiger partial charge in [-0.2, -0.15) is 0 Å². The molecule has 4 saturated carbocycles. The zero-order chi connectivity index (χ0) is 18.2. The molecule has 4 nitrogen and oxygen atoms in total. The van der Waals surface area contributed by atoms with Crippen molar-refractivity contribution in [1.29, 1.82) is 0 Å². The van der Waals surface area contributed by atoms with Gasteiger partial charge in [0.1, 0.15) is 5.78 Å². The Kier molecular flexibility index (Phi) is 3.53. The van der Waals surface area contributed by atoms with Crippen LogP contribution < -0.4 is 0 Å². The van der Waals surface area contributed by atoms with E-state index in [1.807, 2.05) is 12.4 Å². The van der Waals surface area contributed by atoms with Crippen molar-refractivity contribution >= 4 is 5.78 Å². The second-order valence-electron chi connectivity index (χ2n) is 10.5. The maximum atomic E-state index is 12.7. The Morgan fingerprint density at radius 1 is 1.04 bits per heavy atom. The normalized spacial score (nSPS) is 50.8. The minimum Gasteiger partial charge on any atom is -0.299 e. The first-order valence-corrected chi connectivity index (χ1v) is 10.8. The van der Waals surface area contributed by atoms with Crippen molar-refractivity contribution in [2.45, 2.75) is 84.6 Å². The van der Waals surface area contributed by atoms with E-state index in [0.717, 1.165) is 37.0 Å². The van der Waals surface area contributed by atoms with Crippen LogP contribution in [0.3, 0.4) is 0 Å². The van der Waals surface area contributed by atoms with Gasteiger partial charge in [0, 0.05) is 18.0 Å². The van der Waals surface area contributed by atoms with Crippen molar-refractivity contribution in [1.82, 2.24) is 15.0 Å². The highest BCUT2D eigenvalue weighted by atomic mass is 16.1. The predicted molar refractivity (Wildman–Crippen MR) is 100 cm³/mol. The molecule has 7 atom stereocenters. The van der Waals surface area contributed by atoms with Crippen LogP contribution in [0.1, 0.15) is 84.6 Å². The summed E-state index contributed by atoms with van der Waals surface area (Å²) in [4.78, 5) is 12.7. The standard InChI is InChI=1S/C22H33N3O/c1-20-9-6-16(25-13-12-23-24-25)14-15(20)4-5-18-17(20)7-10-22(3)19(26)8-11-21(18,22)2/h12-13,15-18H,4-11,14H2,1-3H3/t15?,16-,17?,18+,20-,21-,22+/m0/s1. The molecule has 4 aliphatic carbocycles. The van der Waals surface area contributed by atoms with E-state index in [1.54, 1.807) is 0 Å².